The molecule has 0 amide bonds. The highest BCUT2D eigenvalue weighted by Crippen LogP contribution is 2.26. The van der Waals surface area contributed by atoms with Crippen LogP contribution >= 0.6 is 23.2 Å². The van der Waals surface area contributed by atoms with E-state index in [2.05, 4.69) is 10.1 Å². The average molecular weight is 315 g/mol. The number of hydrogen-bond donors (Lipinski definition) is 1. The monoisotopic (exact) mass is 314 g/mol. The van der Waals surface area contributed by atoms with E-state index < -0.39 is 6.10 Å². The van der Waals surface area contributed by atoms with Gasteiger partial charge in [-0.3, -0.25) is 0 Å². The molecule has 1 aromatic carbocycles. The van der Waals surface area contributed by atoms with Gasteiger partial charge in [-0.15, -0.1) is 0 Å². The molecule has 0 aliphatic rings. The number of rotatable bonds is 5. The molecule has 6 heteroatoms. The summed E-state index contributed by atoms with van der Waals surface area (Å²) >= 11 is 12.2. The zero-order chi connectivity index (χ0) is 14.7. The molecule has 0 fully saturated rings. The van der Waals surface area contributed by atoms with Crippen LogP contribution in [0.2, 0.25) is 10.0 Å². The lowest BCUT2D eigenvalue weighted by Crippen LogP contribution is -2.17. The number of aliphatic hydroxyl groups excluding tert-OH is 1. The molecule has 2 aromatic rings. The first-order valence-corrected chi connectivity index (χ1v) is 7.15. The second-order valence-corrected chi connectivity index (χ2v) is 5.81. The molecule has 1 heterocycles. The SMILES string of the molecule is CC(C)C(O)Cc1nc(Cc2c(Cl)cccc2Cl)no1. The lowest BCUT2D eigenvalue weighted by Gasteiger charge is -2.10. The third-order valence-corrected chi connectivity index (χ3v) is 3.77. The number of aliphatic hydroxyl groups is 1. The topological polar surface area (TPSA) is 59.2 Å². The Labute approximate surface area is 127 Å². The van der Waals surface area contributed by atoms with Gasteiger partial charge in [0.2, 0.25) is 5.89 Å². The summed E-state index contributed by atoms with van der Waals surface area (Å²) < 4.78 is 5.13. The first-order valence-electron chi connectivity index (χ1n) is 6.39. The number of benzene rings is 1. The molecule has 2 rings (SSSR count). The van der Waals surface area contributed by atoms with Gasteiger partial charge in [0, 0.05) is 16.5 Å². The van der Waals surface area contributed by atoms with Crippen LogP contribution in [0.25, 0.3) is 0 Å². The van der Waals surface area contributed by atoms with Crippen molar-refractivity contribution >= 4 is 23.2 Å². The molecule has 1 N–H and O–H groups in total. The van der Waals surface area contributed by atoms with Gasteiger partial charge in [0.15, 0.2) is 5.82 Å². The number of hydrogen-bond acceptors (Lipinski definition) is 4. The highest BCUT2D eigenvalue weighted by atomic mass is 35.5. The van der Waals surface area contributed by atoms with Crippen LogP contribution < -0.4 is 0 Å². The fraction of sp³-hybridized carbons (Fsp3) is 0.429. The molecule has 1 atom stereocenters. The lowest BCUT2D eigenvalue weighted by atomic mass is 10.0. The van der Waals surface area contributed by atoms with Crippen molar-refractivity contribution in [2.45, 2.75) is 32.8 Å². The molecule has 1 aromatic heterocycles. The zero-order valence-corrected chi connectivity index (χ0v) is 12.8. The molecule has 0 saturated heterocycles. The van der Waals surface area contributed by atoms with E-state index in [0.717, 1.165) is 5.56 Å². The Balaban J connectivity index is 2.10. The van der Waals surface area contributed by atoms with E-state index in [1.54, 1.807) is 18.2 Å². The standard InChI is InChI=1S/C14H16Cl2N2O2/c1-8(2)12(19)7-14-17-13(18-20-14)6-9-10(15)4-3-5-11(9)16/h3-5,8,12,19H,6-7H2,1-2H3. The maximum absolute atomic E-state index is 9.80. The smallest absolute Gasteiger partial charge is 0.229 e. The van der Waals surface area contributed by atoms with Crippen molar-refractivity contribution in [3.05, 3.63) is 45.5 Å². The van der Waals surface area contributed by atoms with Gasteiger partial charge in [0.05, 0.1) is 12.5 Å². The fourth-order valence-corrected chi connectivity index (χ4v) is 2.25. The van der Waals surface area contributed by atoms with Crippen LogP contribution in [0.15, 0.2) is 22.7 Å². The van der Waals surface area contributed by atoms with Gasteiger partial charge in [-0.25, -0.2) is 0 Å². The van der Waals surface area contributed by atoms with Gasteiger partial charge >= 0.3 is 0 Å². The fourth-order valence-electron chi connectivity index (χ4n) is 1.72. The first-order chi connectivity index (χ1) is 9.47. The summed E-state index contributed by atoms with van der Waals surface area (Å²) in [5, 5.41) is 14.8. The Hall–Kier alpha value is -1.10. The van der Waals surface area contributed by atoms with Crippen molar-refractivity contribution in [2.24, 2.45) is 5.92 Å². The zero-order valence-electron chi connectivity index (χ0n) is 11.3. The minimum absolute atomic E-state index is 0.142. The van der Waals surface area contributed by atoms with E-state index in [9.17, 15) is 5.11 Å². The van der Waals surface area contributed by atoms with E-state index in [1.165, 1.54) is 0 Å². The maximum atomic E-state index is 9.80. The van der Waals surface area contributed by atoms with E-state index in [-0.39, 0.29) is 5.92 Å². The molecule has 4 nitrogen and oxygen atoms in total. The van der Waals surface area contributed by atoms with Crippen molar-refractivity contribution in [1.82, 2.24) is 10.1 Å². The second-order valence-electron chi connectivity index (χ2n) is 5.00. The molecule has 0 spiro atoms. The van der Waals surface area contributed by atoms with Crippen molar-refractivity contribution in [3.63, 3.8) is 0 Å². The Bertz CT molecular complexity index is 564. The minimum Gasteiger partial charge on any atom is -0.392 e. The molecule has 0 aliphatic heterocycles. The predicted octanol–water partition coefficient (Wildman–Crippen LogP) is 3.53. The molecule has 0 radical (unpaired) electrons. The number of halogens is 2. The average Bonchev–Trinajstić information content (AvgIpc) is 2.81. The van der Waals surface area contributed by atoms with Gasteiger partial charge in [-0.05, 0) is 23.6 Å². The Morgan fingerprint density at radius 2 is 1.90 bits per heavy atom. The van der Waals surface area contributed by atoms with Gasteiger partial charge < -0.3 is 9.63 Å². The van der Waals surface area contributed by atoms with Crippen LogP contribution in [0.4, 0.5) is 0 Å². The second kappa shape index (κ2) is 6.57. The van der Waals surface area contributed by atoms with Gasteiger partial charge in [-0.1, -0.05) is 48.3 Å². The summed E-state index contributed by atoms with van der Waals surface area (Å²) in [6.45, 7) is 3.87. The maximum Gasteiger partial charge on any atom is 0.229 e. The van der Waals surface area contributed by atoms with Crippen molar-refractivity contribution < 1.29 is 9.63 Å². The lowest BCUT2D eigenvalue weighted by molar-refractivity contribution is 0.116. The Morgan fingerprint density at radius 1 is 1.25 bits per heavy atom. The van der Waals surface area contributed by atoms with E-state index in [1.807, 2.05) is 13.8 Å². The minimum atomic E-state index is -0.493. The molecule has 1 unspecified atom stereocenters. The van der Waals surface area contributed by atoms with Crippen LogP contribution in [0.1, 0.15) is 31.1 Å². The summed E-state index contributed by atoms with van der Waals surface area (Å²) in [6.07, 6.45) is 0.257. The van der Waals surface area contributed by atoms with Gasteiger partial charge in [-0.2, -0.15) is 4.98 Å². The number of nitrogens with zero attached hydrogens (tertiary/aromatic N) is 2. The quantitative estimate of drug-likeness (QED) is 0.917. The molecular weight excluding hydrogens is 299 g/mol. The molecule has 20 heavy (non-hydrogen) atoms. The van der Waals surface area contributed by atoms with E-state index >= 15 is 0 Å². The summed E-state index contributed by atoms with van der Waals surface area (Å²) in [5.41, 5.74) is 0.771. The highest BCUT2D eigenvalue weighted by Gasteiger charge is 2.16. The summed E-state index contributed by atoms with van der Waals surface area (Å²) in [6, 6.07) is 5.33. The summed E-state index contributed by atoms with van der Waals surface area (Å²) in [5.74, 6) is 1.07. The van der Waals surface area contributed by atoms with Crippen molar-refractivity contribution in [3.8, 4) is 0 Å². The van der Waals surface area contributed by atoms with Crippen LogP contribution in [0.3, 0.4) is 0 Å². The molecule has 0 saturated carbocycles. The highest BCUT2D eigenvalue weighted by molar-refractivity contribution is 6.36. The van der Waals surface area contributed by atoms with E-state index in [0.29, 0.717) is 34.6 Å². The Morgan fingerprint density at radius 3 is 2.50 bits per heavy atom. The van der Waals surface area contributed by atoms with Crippen LogP contribution in [0.5, 0.6) is 0 Å². The molecule has 0 aliphatic carbocycles. The van der Waals surface area contributed by atoms with E-state index in [4.69, 9.17) is 27.7 Å². The molecule has 108 valence electrons. The molecule has 0 bridgehead atoms. The largest absolute Gasteiger partial charge is 0.392 e. The number of aromatic nitrogens is 2. The first kappa shape index (κ1) is 15.3. The predicted molar refractivity (Wildman–Crippen MR) is 78.1 cm³/mol. The Kier molecular flexibility index (Phi) is 5.02. The van der Waals surface area contributed by atoms with Gasteiger partial charge in [0.1, 0.15) is 0 Å². The van der Waals surface area contributed by atoms with Gasteiger partial charge in [0.25, 0.3) is 0 Å². The molecular formula is C14H16Cl2N2O2. The van der Waals surface area contributed by atoms with Crippen molar-refractivity contribution in [2.75, 3.05) is 0 Å². The van der Waals surface area contributed by atoms with Crippen LogP contribution in [0, 0.1) is 5.92 Å². The van der Waals surface area contributed by atoms with Crippen LogP contribution in [-0.2, 0) is 12.8 Å². The third-order valence-electron chi connectivity index (χ3n) is 3.06. The van der Waals surface area contributed by atoms with Crippen LogP contribution in [-0.4, -0.2) is 21.4 Å². The van der Waals surface area contributed by atoms with Crippen molar-refractivity contribution in [1.29, 1.82) is 0 Å². The third kappa shape index (κ3) is 3.72. The summed E-state index contributed by atoms with van der Waals surface area (Å²) in [4.78, 5) is 4.26. The summed E-state index contributed by atoms with van der Waals surface area (Å²) in [7, 11) is 0. The normalized spacial score (nSPS) is 12.9.